The van der Waals surface area contributed by atoms with Crippen LogP contribution < -0.4 is 0 Å². The van der Waals surface area contributed by atoms with Crippen molar-refractivity contribution in [2.75, 3.05) is 0 Å². The Morgan fingerprint density at radius 1 is 1.00 bits per heavy atom. The van der Waals surface area contributed by atoms with Gasteiger partial charge >= 0.3 is 17.2 Å². The molecule has 10 nitrogen and oxygen atoms in total. The summed E-state index contributed by atoms with van der Waals surface area (Å²) in [6, 6.07) is 0.491. The zero-order valence-corrected chi connectivity index (χ0v) is 6.89. The molecule has 1 rings (SSSR count). The van der Waals surface area contributed by atoms with Gasteiger partial charge in [-0.05, 0) is 9.91 Å². The van der Waals surface area contributed by atoms with Gasteiger partial charge in [0.05, 0.1) is 9.85 Å². The first kappa shape index (κ1) is 10.4. The van der Waals surface area contributed by atoms with Crippen molar-refractivity contribution < 1.29 is 14.8 Å². The van der Waals surface area contributed by atoms with Crippen molar-refractivity contribution in [3.63, 3.8) is 0 Å². The first-order valence-corrected chi connectivity index (χ1v) is 3.36. The Kier molecular flexibility index (Phi) is 2.51. The highest BCUT2D eigenvalue weighted by atomic mass is 16.6. The Hall–Kier alpha value is -2.65. The van der Waals surface area contributed by atoms with E-state index in [1.807, 2.05) is 0 Å². The number of aromatic nitrogens is 1. The molecule has 0 aromatic carbocycles. The van der Waals surface area contributed by atoms with Crippen molar-refractivity contribution in [1.82, 2.24) is 4.98 Å². The molecule has 10 heteroatoms. The maximum Gasteiger partial charge on any atom is 0.442 e. The fraction of sp³-hybridized carbons (Fsp3) is 0. The maximum atomic E-state index is 10.3. The van der Waals surface area contributed by atoms with Crippen LogP contribution in [0.5, 0.6) is 0 Å². The molecule has 1 aromatic rings. The lowest BCUT2D eigenvalue weighted by Gasteiger charge is -1.93. The summed E-state index contributed by atoms with van der Waals surface area (Å²) >= 11 is 0. The maximum absolute atomic E-state index is 10.3. The predicted molar refractivity (Wildman–Crippen MR) is 44.2 cm³/mol. The topological polar surface area (TPSA) is 142 Å². The van der Waals surface area contributed by atoms with Crippen LogP contribution in [0.25, 0.3) is 0 Å². The van der Waals surface area contributed by atoms with Gasteiger partial charge in [-0.15, -0.1) is 0 Å². The minimum Gasteiger partial charge on any atom is -0.358 e. The third kappa shape index (κ3) is 1.99. The van der Waals surface area contributed by atoms with Crippen molar-refractivity contribution in [3.8, 4) is 0 Å². The van der Waals surface area contributed by atoms with E-state index in [1.165, 1.54) is 0 Å². The Labute approximate surface area is 80.6 Å². The largest absolute Gasteiger partial charge is 0.442 e. The van der Waals surface area contributed by atoms with E-state index in [1.54, 1.807) is 0 Å². The minimum absolute atomic E-state index is 0.491. The molecule has 15 heavy (non-hydrogen) atoms. The fourth-order valence-electron chi connectivity index (χ4n) is 0.810. The third-order valence-electron chi connectivity index (χ3n) is 1.41. The SMILES string of the molecule is O=[N+]([O-])c1cnc([N+](=O)[O-])c([N+](=O)[O-])c1. The molecule has 78 valence electrons. The number of hydrogen-bond acceptors (Lipinski definition) is 7. The zero-order valence-electron chi connectivity index (χ0n) is 6.89. The van der Waals surface area contributed by atoms with Crippen LogP contribution in [0, 0.1) is 30.3 Å². The number of nitrogens with zero attached hydrogens (tertiary/aromatic N) is 4. The summed E-state index contributed by atoms with van der Waals surface area (Å²) in [4.78, 5) is 30.8. The summed E-state index contributed by atoms with van der Waals surface area (Å²) in [5.74, 6) is -1.02. The normalized spacial score (nSPS) is 9.60. The molecule has 0 saturated heterocycles. The quantitative estimate of drug-likeness (QED) is 0.534. The van der Waals surface area contributed by atoms with E-state index < -0.39 is 32.0 Å². The average molecular weight is 214 g/mol. The molecule has 0 spiro atoms. The van der Waals surface area contributed by atoms with Gasteiger partial charge < -0.3 is 10.1 Å². The second-order valence-corrected chi connectivity index (χ2v) is 2.31. The van der Waals surface area contributed by atoms with Gasteiger partial charge in [-0.3, -0.25) is 20.2 Å². The lowest BCUT2D eigenvalue weighted by atomic mass is 10.3. The summed E-state index contributed by atoms with van der Waals surface area (Å²) in [6.07, 6.45) is 0.588. The molecule has 0 aliphatic heterocycles. The van der Waals surface area contributed by atoms with Gasteiger partial charge in [-0.2, -0.15) is 0 Å². The Morgan fingerprint density at radius 3 is 2.00 bits per heavy atom. The van der Waals surface area contributed by atoms with Crippen molar-refractivity contribution in [2.45, 2.75) is 0 Å². The molecule has 0 saturated carbocycles. The van der Waals surface area contributed by atoms with Crippen LogP contribution in [0.1, 0.15) is 0 Å². The van der Waals surface area contributed by atoms with Crippen molar-refractivity contribution >= 4 is 17.2 Å². The lowest BCUT2D eigenvalue weighted by Crippen LogP contribution is -2.00. The highest BCUT2D eigenvalue weighted by Gasteiger charge is 2.29. The molecule has 0 radical (unpaired) electrons. The fourth-order valence-corrected chi connectivity index (χ4v) is 0.810. The summed E-state index contributed by atoms with van der Waals surface area (Å²) < 4.78 is 0. The zero-order chi connectivity index (χ0) is 11.6. The van der Waals surface area contributed by atoms with E-state index >= 15 is 0 Å². The van der Waals surface area contributed by atoms with Crippen molar-refractivity contribution in [3.05, 3.63) is 42.6 Å². The second-order valence-electron chi connectivity index (χ2n) is 2.31. The van der Waals surface area contributed by atoms with Crippen LogP contribution in [-0.2, 0) is 0 Å². The van der Waals surface area contributed by atoms with Crippen LogP contribution in [0.15, 0.2) is 12.3 Å². The van der Waals surface area contributed by atoms with E-state index in [9.17, 15) is 30.3 Å². The predicted octanol–water partition coefficient (Wildman–Crippen LogP) is 0.806. The van der Waals surface area contributed by atoms with E-state index in [4.69, 9.17) is 0 Å². The molecule has 0 bridgehead atoms. The standard InChI is InChI=1S/C5H2N4O6/c10-7(11)3-1-4(8(12)13)5(6-2-3)9(14)15/h1-2H. The molecule has 0 fully saturated rings. The van der Waals surface area contributed by atoms with Crippen molar-refractivity contribution in [2.24, 2.45) is 0 Å². The molecule has 0 aliphatic carbocycles. The van der Waals surface area contributed by atoms with Crippen LogP contribution in [-0.4, -0.2) is 19.8 Å². The Morgan fingerprint density at radius 2 is 1.60 bits per heavy atom. The van der Waals surface area contributed by atoms with Gasteiger partial charge in [-0.25, -0.2) is 0 Å². The Bertz CT molecular complexity index is 457. The van der Waals surface area contributed by atoms with Crippen molar-refractivity contribution in [1.29, 1.82) is 0 Å². The molecular weight excluding hydrogens is 212 g/mol. The van der Waals surface area contributed by atoms with Gasteiger partial charge in [0.2, 0.25) is 6.20 Å². The molecule has 0 amide bonds. The minimum atomic E-state index is -1.10. The molecule has 0 aliphatic rings. The first-order valence-electron chi connectivity index (χ1n) is 3.36. The molecule has 1 heterocycles. The van der Waals surface area contributed by atoms with Crippen LogP contribution >= 0.6 is 0 Å². The molecule has 0 N–H and O–H groups in total. The van der Waals surface area contributed by atoms with Crippen LogP contribution in [0.2, 0.25) is 0 Å². The summed E-state index contributed by atoms with van der Waals surface area (Å²) in [5, 5.41) is 30.8. The van der Waals surface area contributed by atoms with Gasteiger partial charge in [0.1, 0.15) is 6.07 Å². The van der Waals surface area contributed by atoms with E-state index in [-0.39, 0.29) is 0 Å². The number of pyridine rings is 1. The summed E-state index contributed by atoms with van der Waals surface area (Å²) in [5.41, 5.74) is -1.68. The van der Waals surface area contributed by atoms with Gasteiger partial charge in [-0.1, -0.05) is 0 Å². The Balaban J connectivity index is 3.40. The van der Waals surface area contributed by atoms with E-state index in [0.717, 1.165) is 0 Å². The van der Waals surface area contributed by atoms with Crippen LogP contribution in [0.3, 0.4) is 0 Å². The molecular formula is C5H2N4O6. The average Bonchev–Trinajstić information content (AvgIpc) is 2.16. The molecule has 1 aromatic heterocycles. The number of nitro groups is 3. The van der Waals surface area contributed by atoms with Gasteiger partial charge in [0, 0.05) is 0 Å². The van der Waals surface area contributed by atoms with Gasteiger partial charge in [0.25, 0.3) is 0 Å². The van der Waals surface area contributed by atoms with E-state index in [2.05, 4.69) is 4.98 Å². The number of rotatable bonds is 3. The third-order valence-corrected chi connectivity index (χ3v) is 1.41. The smallest absolute Gasteiger partial charge is 0.358 e. The molecule has 0 unspecified atom stereocenters. The lowest BCUT2D eigenvalue weighted by molar-refractivity contribution is -0.427. The van der Waals surface area contributed by atoms with Crippen LogP contribution in [0.4, 0.5) is 17.2 Å². The summed E-state index contributed by atoms with van der Waals surface area (Å²) in [7, 11) is 0. The second kappa shape index (κ2) is 3.61. The highest BCUT2D eigenvalue weighted by molar-refractivity contribution is 5.52. The summed E-state index contributed by atoms with van der Waals surface area (Å²) in [6.45, 7) is 0. The van der Waals surface area contributed by atoms with Gasteiger partial charge in [0.15, 0.2) is 0 Å². The first-order chi connectivity index (χ1) is 6.93. The number of hydrogen-bond donors (Lipinski definition) is 0. The highest BCUT2D eigenvalue weighted by Crippen LogP contribution is 2.27. The monoisotopic (exact) mass is 214 g/mol. The van der Waals surface area contributed by atoms with E-state index in [0.29, 0.717) is 12.3 Å². The molecule has 0 atom stereocenters.